The first-order valence-electron chi connectivity index (χ1n) is 5.38. The SMILES string of the molecule is O=C(O)c1cc(Cl)cc(S(=O)(=O)C2CCOC2)c1Cl. The highest BCUT2D eigenvalue weighted by molar-refractivity contribution is 7.92. The number of carboxylic acid groups (broad SMARTS) is 1. The van der Waals surface area contributed by atoms with E-state index in [0.29, 0.717) is 13.0 Å². The van der Waals surface area contributed by atoms with E-state index in [2.05, 4.69) is 0 Å². The predicted octanol–water partition coefficient (Wildman–Crippen LogP) is 2.25. The van der Waals surface area contributed by atoms with Crippen LogP contribution in [0.1, 0.15) is 16.8 Å². The Morgan fingerprint density at radius 2 is 2.05 bits per heavy atom. The summed E-state index contributed by atoms with van der Waals surface area (Å²) in [4.78, 5) is 10.8. The van der Waals surface area contributed by atoms with Gasteiger partial charge in [-0.05, 0) is 18.6 Å². The lowest BCUT2D eigenvalue weighted by Crippen LogP contribution is -2.22. The third-order valence-electron chi connectivity index (χ3n) is 2.87. The number of aromatic carboxylic acids is 1. The Labute approximate surface area is 120 Å². The van der Waals surface area contributed by atoms with Crippen LogP contribution in [0.2, 0.25) is 10.0 Å². The second-order valence-corrected chi connectivity index (χ2v) is 7.11. The Morgan fingerprint density at radius 3 is 2.58 bits per heavy atom. The van der Waals surface area contributed by atoms with Crippen molar-refractivity contribution in [3.63, 3.8) is 0 Å². The van der Waals surface area contributed by atoms with E-state index in [9.17, 15) is 13.2 Å². The number of sulfone groups is 1. The van der Waals surface area contributed by atoms with E-state index in [4.69, 9.17) is 33.0 Å². The van der Waals surface area contributed by atoms with Gasteiger partial charge in [0.25, 0.3) is 0 Å². The number of rotatable bonds is 3. The van der Waals surface area contributed by atoms with Gasteiger partial charge in [0.2, 0.25) is 0 Å². The van der Waals surface area contributed by atoms with Crippen molar-refractivity contribution >= 4 is 39.0 Å². The molecule has 1 aliphatic rings. The lowest BCUT2D eigenvalue weighted by Gasteiger charge is -2.13. The van der Waals surface area contributed by atoms with Crippen LogP contribution >= 0.6 is 23.2 Å². The summed E-state index contributed by atoms with van der Waals surface area (Å²) in [5.41, 5.74) is -0.327. The molecule has 19 heavy (non-hydrogen) atoms. The molecule has 1 aliphatic heterocycles. The van der Waals surface area contributed by atoms with Crippen LogP contribution in [0.25, 0.3) is 0 Å². The average molecular weight is 325 g/mol. The number of benzene rings is 1. The van der Waals surface area contributed by atoms with Gasteiger partial charge in [-0.2, -0.15) is 0 Å². The van der Waals surface area contributed by atoms with Crippen LogP contribution in [0.3, 0.4) is 0 Å². The predicted molar refractivity (Wildman–Crippen MR) is 69.8 cm³/mol. The monoisotopic (exact) mass is 324 g/mol. The van der Waals surface area contributed by atoms with E-state index in [1.807, 2.05) is 0 Å². The van der Waals surface area contributed by atoms with Gasteiger partial charge in [-0.15, -0.1) is 0 Å². The highest BCUT2D eigenvalue weighted by atomic mass is 35.5. The molecule has 0 spiro atoms. The van der Waals surface area contributed by atoms with E-state index in [-0.39, 0.29) is 27.1 Å². The Balaban J connectivity index is 2.59. The fraction of sp³-hybridized carbons (Fsp3) is 0.364. The van der Waals surface area contributed by atoms with E-state index in [1.165, 1.54) is 6.07 Å². The molecule has 8 heteroatoms. The minimum Gasteiger partial charge on any atom is -0.478 e. The number of halogens is 2. The van der Waals surface area contributed by atoms with Crippen molar-refractivity contribution in [3.05, 3.63) is 27.7 Å². The molecule has 1 atom stereocenters. The molecule has 1 N–H and O–H groups in total. The standard InChI is InChI=1S/C11H10Cl2O5S/c12-6-3-8(11(14)15)10(13)9(4-6)19(16,17)7-1-2-18-5-7/h3-4,7H,1-2,5H2,(H,14,15). The third kappa shape index (κ3) is 2.72. The molecule has 0 aromatic heterocycles. The largest absolute Gasteiger partial charge is 0.478 e. The second kappa shape index (κ2) is 5.28. The molecule has 1 fully saturated rings. The quantitative estimate of drug-likeness (QED) is 0.922. The van der Waals surface area contributed by atoms with Crippen LogP contribution in [-0.2, 0) is 14.6 Å². The Morgan fingerprint density at radius 1 is 1.37 bits per heavy atom. The molecular weight excluding hydrogens is 315 g/mol. The zero-order valence-corrected chi connectivity index (χ0v) is 11.9. The maximum absolute atomic E-state index is 12.4. The smallest absolute Gasteiger partial charge is 0.337 e. The second-order valence-electron chi connectivity index (χ2n) is 4.10. The molecule has 104 valence electrons. The minimum absolute atomic E-state index is 0.0132. The van der Waals surface area contributed by atoms with Gasteiger partial charge in [0.1, 0.15) is 0 Å². The number of hydrogen-bond donors (Lipinski definition) is 1. The topological polar surface area (TPSA) is 80.7 Å². The fourth-order valence-corrected chi connectivity index (χ4v) is 4.35. The van der Waals surface area contributed by atoms with Crippen LogP contribution in [0.15, 0.2) is 17.0 Å². The van der Waals surface area contributed by atoms with Crippen LogP contribution in [-0.4, -0.2) is 38.0 Å². The Hall–Kier alpha value is -0.820. The highest BCUT2D eigenvalue weighted by Crippen LogP contribution is 2.33. The van der Waals surface area contributed by atoms with Crippen molar-refractivity contribution < 1.29 is 23.1 Å². The van der Waals surface area contributed by atoms with E-state index in [1.54, 1.807) is 0 Å². The van der Waals surface area contributed by atoms with Crippen molar-refractivity contribution in [2.24, 2.45) is 0 Å². The summed E-state index contributed by atoms with van der Waals surface area (Å²) >= 11 is 11.6. The number of hydrogen-bond acceptors (Lipinski definition) is 4. The average Bonchev–Trinajstić information content (AvgIpc) is 2.85. The van der Waals surface area contributed by atoms with Gasteiger partial charge >= 0.3 is 5.97 Å². The zero-order chi connectivity index (χ0) is 14.2. The Kier molecular flexibility index (Phi) is 4.06. The lowest BCUT2D eigenvalue weighted by molar-refractivity contribution is 0.0697. The summed E-state index contributed by atoms with van der Waals surface area (Å²) in [5, 5.41) is 7.96. The molecule has 0 bridgehead atoms. The van der Waals surface area contributed by atoms with E-state index < -0.39 is 21.1 Å². The molecule has 0 radical (unpaired) electrons. The van der Waals surface area contributed by atoms with Gasteiger partial charge in [-0.1, -0.05) is 23.2 Å². The molecule has 2 rings (SSSR count). The molecule has 5 nitrogen and oxygen atoms in total. The van der Waals surface area contributed by atoms with Crippen molar-refractivity contribution in [1.29, 1.82) is 0 Å². The summed E-state index contributed by atoms with van der Waals surface area (Å²) in [6, 6.07) is 2.29. The van der Waals surface area contributed by atoms with Crippen LogP contribution in [0.5, 0.6) is 0 Å². The summed E-state index contributed by atoms with van der Waals surface area (Å²) in [7, 11) is -3.75. The summed E-state index contributed by atoms with van der Waals surface area (Å²) in [5.74, 6) is -1.33. The van der Waals surface area contributed by atoms with Gasteiger partial charge in [0.05, 0.1) is 27.3 Å². The summed E-state index contributed by atoms with van der Waals surface area (Å²) in [6.45, 7) is 0.432. The summed E-state index contributed by atoms with van der Waals surface area (Å²) < 4.78 is 29.8. The fourth-order valence-electron chi connectivity index (χ4n) is 1.86. The molecule has 1 unspecified atom stereocenters. The van der Waals surface area contributed by atoms with Crippen LogP contribution < -0.4 is 0 Å². The van der Waals surface area contributed by atoms with E-state index >= 15 is 0 Å². The van der Waals surface area contributed by atoms with Gasteiger partial charge in [0, 0.05) is 11.6 Å². The van der Waals surface area contributed by atoms with Crippen molar-refractivity contribution in [2.45, 2.75) is 16.6 Å². The van der Waals surface area contributed by atoms with Crippen molar-refractivity contribution in [3.8, 4) is 0 Å². The zero-order valence-electron chi connectivity index (χ0n) is 9.60. The minimum atomic E-state index is -3.75. The van der Waals surface area contributed by atoms with Gasteiger partial charge in [0.15, 0.2) is 9.84 Å². The molecule has 0 saturated carbocycles. The molecule has 1 aromatic rings. The lowest BCUT2D eigenvalue weighted by atomic mass is 10.2. The first-order chi connectivity index (χ1) is 8.84. The molecule has 0 amide bonds. The maximum Gasteiger partial charge on any atom is 0.337 e. The first kappa shape index (κ1) is 14.6. The van der Waals surface area contributed by atoms with Gasteiger partial charge in [-0.3, -0.25) is 0 Å². The molecule has 1 heterocycles. The molecule has 0 aliphatic carbocycles. The number of carboxylic acids is 1. The van der Waals surface area contributed by atoms with Crippen molar-refractivity contribution in [1.82, 2.24) is 0 Å². The molecule has 1 aromatic carbocycles. The van der Waals surface area contributed by atoms with E-state index in [0.717, 1.165) is 6.07 Å². The maximum atomic E-state index is 12.4. The van der Waals surface area contributed by atoms with Crippen molar-refractivity contribution in [2.75, 3.05) is 13.2 Å². The summed E-state index contributed by atoms with van der Waals surface area (Å²) in [6.07, 6.45) is 0.355. The molecular formula is C11H10Cl2O5S. The van der Waals surface area contributed by atoms with Crippen LogP contribution in [0.4, 0.5) is 0 Å². The molecule has 1 saturated heterocycles. The van der Waals surface area contributed by atoms with Gasteiger partial charge < -0.3 is 9.84 Å². The van der Waals surface area contributed by atoms with Gasteiger partial charge in [-0.25, -0.2) is 13.2 Å². The highest BCUT2D eigenvalue weighted by Gasteiger charge is 2.34. The third-order valence-corrected chi connectivity index (χ3v) is 5.79. The first-order valence-corrected chi connectivity index (χ1v) is 7.68. The number of carbonyl (C=O) groups is 1. The normalized spacial score (nSPS) is 19.6. The number of ether oxygens (including phenoxy) is 1. The van der Waals surface area contributed by atoms with Crippen LogP contribution in [0, 0.1) is 0 Å². The Bertz CT molecular complexity index is 620.